The molecule has 0 bridgehead atoms. The zero-order chi connectivity index (χ0) is 15.0. The summed E-state index contributed by atoms with van der Waals surface area (Å²) in [5, 5.41) is 0.988. The zero-order valence-corrected chi connectivity index (χ0v) is 13.2. The molecule has 1 unspecified atom stereocenters. The average molecular weight is 304 g/mol. The highest BCUT2D eigenvalue weighted by Gasteiger charge is 2.25. The minimum absolute atomic E-state index is 0.0328. The van der Waals surface area contributed by atoms with Gasteiger partial charge < -0.3 is 15.4 Å². The Morgan fingerprint density at radius 1 is 1.48 bits per heavy atom. The van der Waals surface area contributed by atoms with Crippen molar-refractivity contribution in [2.45, 2.75) is 26.4 Å². The topological polar surface area (TPSA) is 55.6 Å². The van der Waals surface area contributed by atoms with Gasteiger partial charge in [-0.25, -0.2) is 0 Å². The number of nitrogens with zero attached hydrogens (tertiary/aromatic N) is 1. The number of thiophene rings is 1. The molecule has 0 aliphatic carbocycles. The van der Waals surface area contributed by atoms with Crippen LogP contribution >= 0.6 is 11.3 Å². The first-order valence-corrected chi connectivity index (χ1v) is 8.08. The van der Waals surface area contributed by atoms with Gasteiger partial charge in [0.1, 0.15) is 4.88 Å². The second-order valence-electron chi connectivity index (χ2n) is 5.58. The van der Waals surface area contributed by atoms with Crippen LogP contribution in [0.4, 0.5) is 5.69 Å². The Kier molecular flexibility index (Phi) is 3.87. The molecular weight excluding hydrogens is 284 g/mol. The Labute approximate surface area is 128 Å². The Bertz CT molecular complexity index is 680. The Morgan fingerprint density at radius 3 is 3.05 bits per heavy atom. The van der Waals surface area contributed by atoms with E-state index in [1.54, 1.807) is 0 Å². The van der Waals surface area contributed by atoms with Gasteiger partial charge in [0.25, 0.3) is 5.91 Å². The molecule has 0 spiro atoms. The molecule has 2 aromatic rings. The average Bonchev–Trinajstić information content (AvgIpc) is 2.66. The lowest BCUT2D eigenvalue weighted by atomic mass is 10.1. The van der Waals surface area contributed by atoms with Gasteiger partial charge in [-0.15, -0.1) is 11.3 Å². The van der Waals surface area contributed by atoms with Crippen LogP contribution in [0.1, 0.15) is 28.6 Å². The summed E-state index contributed by atoms with van der Waals surface area (Å²) in [5.74, 6) is 0.0328. The van der Waals surface area contributed by atoms with Crippen molar-refractivity contribution >= 4 is 33.0 Å². The summed E-state index contributed by atoms with van der Waals surface area (Å²) in [5.41, 5.74) is 8.00. The summed E-state index contributed by atoms with van der Waals surface area (Å²) in [7, 11) is 0. The number of hydrogen-bond donors (Lipinski definition) is 1. The number of nitrogens with two attached hydrogens (primary N) is 1. The van der Waals surface area contributed by atoms with Crippen molar-refractivity contribution in [3.05, 3.63) is 28.6 Å². The van der Waals surface area contributed by atoms with E-state index in [0.29, 0.717) is 23.7 Å². The maximum atomic E-state index is 12.8. The number of benzene rings is 1. The summed E-state index contributed by atoms with van der Waals surface area (Å²) in [6.07, 6.45) is 0.952. The molecule has 0 radical (unpaired) electrons. The molecule has 2 N–H and O–H groups in total. The van der Waals surface area contributed by atoms with Crippen LogP contribution in [-0.4, -0.2) is 36.6 Å². The first-order chi connectivity index (χ1) is 10.1. The van der Waals surface area contributed by atoms with Gasteiger partial charge in [-0.3, -0.25) is 4.79 Å². The monoisotopic (exact) mass is 304 g/mol. The third-order valence-electron chi connectivity index (χ3n) is 3.88. The molecule has 1 aliphatic heterocycles. The lowest BCUT2D eigenvalue weighted by Crippen LogP contribution is -2.35. The third kappa shape index (κ3) is 2.63. The van der Waals surface area contributed by atoms with Gasteiger partial charge in [-0.2, -0.15) is 0 Å². The maximum Gasteiger partial charge on any atom is 0.266 e. The molecule has 21 heavy (non-hydrogen) atoms. The van der Waals surface area contributed by atoms with E-state index in [1.165, 1.54) is 11.3 Å². The van der Waals surface area contributed by atoms with Crippen molar-refractivity contribution in [1.29, 1.82) is 0 Å². The predicted octanol–water partition coefficient (Wildman–Crippen LogP) is 3.04. The number of ether oxygens (including phenoxy) is 1. The van der Waals surface area contributed by atoms with Gasteiger partial charge in [0, 0.05) is 29.8 Å². The smallest absolute Gasteiger partial charge is 0.266 e. The van der Waals surface area contributed by atoms with Gasteiger partial charge >= 0.3 is 0 Å². The highest BCUT2D eigenvalue weighted by molar-refractivity contribution is 7.21. The van der Waals surface area contributed by atoms with Crippen molar-refractivity contribution in [2.75, 3.05) is 25.4 Å². The van der Waals surface area contributed by atoms with Crippen molar-refractivity contribution in [3.63, 3.8) is 0 Å². The fourth-order valence-electron chi connectivity index (χ4n) is 2.76. The van der Waals surface area contributed by atoms with Gasteiger partial charge in [0.15, 0.2) is 0 Å². The number of fused-ring (bicyclic) bond motifs is 1. The van der Waals surface area contributed by atoms with E-state index in [0.717, 1.165) is 28.6 Å². The van der Waals surface area contributed by atoms with Gasteiger partial charge in [-0.05, 0) is 25.8 Å². The number of hydrogen-bond acceptors (Lipinski definition) is 4. The number of anilines is 1. The van der Waals surface area contributed by atoms with Crippen molar-refractivity contribution in [3.8, 4) is 0 Å². The molecule has 1 fully saturated rings. The van der Waals surface area contributed by atoms with Crippen molar-refractivity contribution in [1.82, 2.24) is 4.90 Å². The molecule has 1 aromatic carbocycles. The Hall–Kier alpha value is -1.59. The van der Waals surface area contributed by atoms with Crippen molar-refractivity contribution in [2.24, 2.45) is 0 Å². The highest BCUT2D eigenvalue weighted by atomic mass is 32.1. The van der Waals surface area contributed by atoms with E-state index in [4.69, 9.17) is 10.5 Å². The number of carbonyl (C=O) groups excluding carboxylic acids is 1. The van der Waals surface area contributed by atoms with Crippen LogP contribution < -0.4 is 5.73 Å². The van der Waals surface area contributed by atoms with Crippen LogP contribution in [0.3, 0.4) is 0 Å². The minimum atomic E-state index is 0.0328. The lowest BCUT2D eigenvalue weighted by molar-refractivity contribution is 0.0566. The molecular formula is C16H20N2O2S. The molecule has 5 heteroatoms. The molecule has 1 atom stereocenters. The summed E-state index contributed by atoms with van der Waals surface area (Å²) < 4.78 is 6.71. The summed E-state index contributed by atoms with van der Waals surface area (Å²) >= 11 is 1.50. The predicted molar refractivity (Wildman–Crippen MR) is 86.9 cm³/mol. The fourth-order valence-corrected chi connectivity index (χ4v) is 3.92. The van der Waals surface area contributed by atoms with Crippen LogP contribution in [0.2, 0.25) is 0 Å². The van der Waals surface area contributed by atoms with E-state index < -0.39 is 0 Å². The third-order valence-corrected chi connectivity index (χ3v) is 5.23. The SMILES string of the molecule is Cc1cccc2c(N)c(C(=O)N3CCCOC(C)C3)sc12. The second-order valence-corrected chi connectivity index (χ2v) is 6.60. The normalized spacial score (nSPS) is 19.7. The Balaban J connectivity index is 1.97. The van der Waals surface area contributed by atoms with Gasteiger partial charge in [0.05, 0.1) is 11.8 Å². The number of nitrogen functional groups attached to an aromatic ring is 1. The number of amides is 1. The number of rotatable bonds is 1. The van der Waals surface area contributed by atoms with E-state index in [1.807, 2.05) is 36.9 Å². The Morgan fingerprint density at radius 2 is 2.29 bits per heavy atom. The molecule has 2 heterocycles. The standard InChI is InChI=1S/C16H20N2O2S/c1-10-5-3-6-12-13(17)15(21-14(10)12)16(19)18-7-4-8-20-11(2)9-18/h3,5-6,11H,4,7-9,17H2,1-2H3. The summed E-state index contributed by atoms with van der Waals surface area (Å²) in [4.78, 5) is 15.3. The summed E-state index contributed by atoms with van der Waals surface area (Å²) in [6, 6.07) is 6.02. The molecule has 1 aromatic heterocycles. The highest BCUT2D eigenvalue weighted by Crippen LogP contribution is 2.36. The van der Waals surface area contributed by atoms with E-state index in [-0.39, 0.29) is 12.0 Å². The van der Waals surface area contributed by atoms with Crippen LogP contribution in [0.15, 0.2) is 18.2 Å². The van der Waals surface area contributed by atoms with E-state index >= 15 is 0 Å². The van der Waals surface area contributed by atoms with Crippen molar-refractivity contribution < 1.29 is 9.53 Å². The minimum Gasteiger partial charge on any atom is -0.397 e. The molecule has 1 aliphatic rings. The number of carbonyl (C=O) groups is 1. The van der Waals surface area contributed by atoms with Crippen LogP contribution in [0.25, 0.3) is 10.1 Å². The quantitative estimate of drug-likeness (QED) is 0.881. The van der Waals surface area contributed by atoms with Crippen LogP contribution in [0, 0.1) is 6.92 Å². The first-order valence-electron chi connectivity index (χ1n) is 7.26. The fraction of sp³-hybridized carbons (Fsp3) is 0.438. The maximum absolute atomic E-state index is 12.8. The molecule has 1 saturated heterocycles. The molecule has 4 nitrogen and oxygen atoms in total. The molecule has 112 valence electrons. The van der Waals surface area contributed by atoms with Crippen LogP contribution in [0.5, 0.6) is 0 Å². The van der Waals surface area contributed by atoms with E-state index in [2.05, 4.69) is 0 Å². The van der Waals surface area contributed by atoms with E-state index in [9.17, 15) is 4.79 Å². The second kappa shape index (κ2) is 5.66. The van der Waals surface area contributed by atoms with Gasteiger partial charge in [0.2, 0.25) is 0 Å². The van der Waals surface area contributed by atoms with Gasteiger partial charge in [-0.1, -0.05) is 18.2 Å². The zero-order valence-electron chi connectivity index (χ0n) is 12.4. The molecule has 1 amide bonds. The molecule has 0 saturated carbocycles. The lowest BCUT2D eigenvalue weighted by Gasteiger charge is -2.21. The first kappa shape index (κ1) is 14.4. The molecule has 3 rings (SSSR count). The number of aryl methyl sites for hydroxylation is 1. The van der Waals surface area contributed by atoms with Crippen LogP contribution in [-0.2, 0) is 4.74 Å². The largest absolute Gasteiger partial charge is 0.397 e. The summed E-state index contributed by atoms with van der Waals surface area (Å²) in [6.45, 7) is 6.13.